The van der Waals surface area contributed by atoms with Crippen LogP contribution in [0, 0.1) is 0 Å². The number of nitrogen functional groups attached to an aromatic ring is 1. The summed E-state index contributed by atoms with van der Waals surface area (Å²) >= 11 is 0. The number of carbonyl (C=O) groups excluding carboxylic acids is 1. The van der Waals surface area contributed by atoms with E-state index in [2.05, 4.69) is 0 Å². The number of hydrogen-bond donors (Lipinski definition) is 1. The third kappa shape index (κ3) is 4.25. The van der Waals surface area contributed by atoms with E-state index in [0.717, 1.165) is 12.8 Å². The van der Waals surface area contributed by atoms with E-state index in [-0.39, 0.29) is 5.78 Å². The molecule has 0 saturated carbocycles. The number of benzene rings is 2. The summed E-state index contributed by atoms with van der Waals surface area (Å²) in [6.07, 6.45) is 1.79. The zero-order valence-corrected chi connectivity index (χ0v) is 13.7. The number of anilines is 1. The summed E-state index contributed by atoms with van der Waals surface area (Å²) in [5.41, 5.74) is 7.36. The second-order valence-corrected chi connectivity index (χ2v) is 5.27. The van der Waals surface area contributed by atoms with Crippen molar-refractivity contribution in [1.29, 1.82) is 0 Å². The van der Waals surface area contributed by atoms with Crippen LogP contribution in [0.4, 0.5) is 5.69 Å². The van der Waals surface area contributed by atoms with Gasteiger partial charge in [-0.05, 0) is 37.1 Å². The Hall–Kier alpha value is -2.49. The van der Waals surface area contributed by atoms with Gasteiger partial charge < -0.3 is 15.2 Å². The average Bonchev–Trinajstić information content (AvgIpc) is 2.58. The second-order valence-electron chi connectivity index (χ2n) is 5.27. The highest BCUT2D eigenvalue weighted by Gasteiger charge is 2.17. The minimum absolute atomic E-state index is 0.142. The number of carbonyl (C=O) groups is 1. The summed E-state index contributed by atoms with van der Waals surface area (Å²) < 4.78 is 11.4. The maximum Gasteiger partial charge on any atom is 0.198 e. The van der Waals surface area contributed by atoms with E-state index in [0.29, 0.717) is 41.5 Å². The van der Waals surface area contributed by atoms with Gasteiger partial charge >= 0.3 is 0 Å². The van der Waals surface area contributed by atoms with Gasteiger partial charge in [-0.15, -0.1) is 0 Å². The fraction of sp³-hybridized carbons (Fsp3) is 0.316. The molecule has 0 aliphatic heterocycles. The molecule has 2 aromatic rings. The van der Waals surface area contributed by atoms with Crippen molar-refractivity contribution in [1.82, 2.24) is 0 Å². The number of nitrogens with two attached hydrogens (primary N) is 1. The van der Waals surface area contributed by atoms with Gasteiger partial charge in [0.05, 0.1) is 18.8 Å². The van der Waals surface area contributed by atoms with Gasteiger partial charge in [0, 0.05) is 17.3 Å². The van der Waals surface area contributed by atoms with Gasteiger partial charge in [0.2, 0.25) is 0 Å². The number of ketones is 1. The summed E-state index contributed by atoms with van der Waals surface area (Å²) in [5.74, 6) is 1.10. The van der Waals surface area contributed by atoms with Crippen molar-refractivity contribution in [2.75, 3.05) is 18.9 Å². The topological polar surface area (TPSA) is 61.5 Å². The van der Waals surface area contributed by atoms with Crippen molar-refractivity contribution in [3.05, 3.63) is 53.6 Å². The second kappa shape index (κ2) is 8.22. The third-order valence-electron chi connectivity index (χ3n) is 3.34. The van der Waals surface area contributed by atoms with Crippen LogP contribution in [0.15, 0.2) is 42.5 Å². The van der Waals surface area contributed by atoms with E-state index in [4.69, 9.17) is 15.2 Å². The standard InChI is InChI=1S/C19H23NO3/c1-3-11-22-14-9-10-16(18(13-14)23-12-4-2)19(21)15-7-5-6-8-17(15)20/h5-10,13H,3-4,11-12,20H2,1-2H3. The first-order chi connectivity index (χ1) is 11.2. The molecule has 2 rings (SSSR count). The van der Waals surface area contributed by atoms with Crippen molar-refractivity contribution >= 4 is 11.5 Å². The lowest BCUT2D eigenvalue weighted by atomic mass is 10.0. The van der Waals surface area contributed by atoms with Crippen LogP contribution in [0.2, 0.25) is 0 Å². The first kappa shape index (κ1) is 16.9. The summed E-state index contributed by atoms with van der Waals surface area (Å²) in [6, 6.07) is 12.4. The zero-order valence-electron chi connectivity index (χ0n) is 13.7. The molecule has 2 N–H and O–H groups in total. The van der Waals surface area contributed by atoms with Gasteiger partial charge in [0.25, 0.3) is 0 Å². The largest absolute Gasteiger partial charge is 0.493 e. The van der Waals surface area contributed by atoms with Crippen molar-refractivity contribution in [3.63, 3.8) is 0 Å². The Morgan fingerprint density at radius 3 is 2.35 bits per heavy atom. The summed E-state index contributed by atoms with van der Waals surface area (Å²) in [4.78, 5) is 12.8. The number of para-hydroxylation sites is 1. The molecule has 4 nitrogen and oxygen atoms in total. The van der Waals surface area contributed by atoms with E-state index in [9.17, 15) is 4.79 Å². The van der Waals surface area contributed by atoms with E-state index < -0.39 is 0 Å². The molecule has 0 spiro atoms. The molecule has 0 atom stereocenters. The zero-order chi connectivity index (χ0) is 16.7. The molecule has 0 amide bonds. The Kier molecular flexibility index (Phi) is 6.03. The smallest absolute Gasteiger partial charge is 0.198 e. The van der Waals surface area contributed by atoms with E-state index in [1.807, 2.05) is 19.9 Å². The SMILES string of the molecule is CCCOc1ccc(C(=O)c2ccccc2N)c(OCCC)c1. The van der Waals surface area contributed by atoms with Crippen LogP contribution in [0.5, 0.6) is 11.5 Å². The van der Waals surface area contributed by atoms with E-state index >= 15 is 0 Å². The first-order valence-electron chi connectivity index (χ1n) is 7.96. The minimum atomic E-state index is -0.142. The maximum absolute atomic E-state index is 12.8. The van der Waals surface area contributed by atoms with Gasteiger partial charge in [-0.2, -0.15) is 0 Å². The fourth-order valence-corrected chi connectivity index (χ4v) is 2.18. The summed E-state index contributed by atoms with van der Waals surface area (Å²) in [5, 5.41) is 0. The third-order valence-corrected chi connectivity index (χ3v) is 3.34. The van der Waals surface area contributed by atoms with Gasteiger partial charge in [-0.25, -0.2) is 0 Å². The highest BCUT2D eigenvalue weighted by molar-refractivity contribution is 6.13. The molecule has 23 heavy (non-hydrogen) atoms. The van der Waals surface area contributed by atoms with Crippen LogP contribution >= 0.6 is 0 Å². The van der Waals surface area contributed by atoms with E-state index in [1.54, 1.807) is 36.4 Å². The molecular formula is C19H23NO3. The van der Waals surface area contributed by atoms with Crippen LogP contribution in [0.25, 0.3) is 0 Å². The predicted octanol–water partition coefficient (Wildman–Crippen LogP) is 4.08. The molecule has 0 radical (unpaired) electrons. The van der Waals surface area contributed by atoms with Crippen molar-refractivity contribution in [2.45, 2.75) is 26.7 Å². The maximum atomic E-state index is 12.8. The van der Waals surface area contributed by atoms with Crippen LogP contribution in [0.3, 0.4) is 0 Å². The first-order valence-corrected chi connectivity index (χ1v) is 7.96. The molecular weight excluding hydrogens is 290 g/mol. The van der Waals surface area contributed by atoms with Crippen molar-refractivity contribution in [3.8, 4) is 11.5 Å². The molecule has 0 unspecified atom stereocenters. The van der Waals surface area contributed by atoms with Gasteiger partial charge in [-0.1, -0.05) is 26.0 Å². The summed E-state index contributed by atoms with van der Waals surface area (Å²) in [7, 11) is 0. The Bertz CT molecular complexity index is 667. The molecule has 0 heterocycles. The quantitative estimate of drug-likeness (QED) is 0.589. The molecule has 0 aromatic heterocycles. The average molecular weight is 313 g/mol. The molecule has 0 bridgehead atoms. The van der Waals surface area contributed by atoms with Crippen LogP contribution in [-0.4, -0.2) is 19.0 Å². The number of ether oxygens (including phenoxy) is 2. The Labute approximate surface area is 137 Å². The van der Waals surface area contributed by atoms with Gasteiger partial charge in [-0.3, -0.25) is 4.79 Å². The lowest BCUT2D eigenvalue weighted by molar-refractivity contribution is 0.103. The van der Waals surface area contributed by atoms with Crippen LogP contribution < -0.4 is 15.2 Å². The normalized spacial score (nSPS) is 10.3. The van der Waals surface area contributed by atoms with Crippen molar-refractivity contribution in [2.24, 2.45) is 0 Å². The summed E-state index contributed by atoms with van der Waals surface area (Å²) in [6.45, 7) is 5.24. The number of rotatable bonds is 8. The molecule has 2 aromatic carbocycles. The molecule has 0 aliphatic rings. The van der Waals surface area contributed by atoms with Crippen molar-refractivity contribution < 1.29 is 14.3 Å². The molecule has 0 saturated heterocycles. The molecule has 122 valence electrons. The molecule has 0 fully saturated rings. The lowest BCUT2D eigenvalue weighted by Crippen LogP contribution is -2.09. The Morgan fingerprint density at radius 1 is 0.957 bits per heavy atom. The lowest BCUT2D eigenvalue weighted by Gasteiger charge is -2.13. The fourth-order valence-electron chi connectivity index (χ4n) is 2.18. The van der Waals surface area contributed by atoms with Crippen LogP contribution in [0.1, 0.15) is 42.6 Å². The van der Waals surface area contributed by atoms with Gasteiger partial charge in [0.15, 0.2) is 5.78 Å². The highest BCUT2D eigenvalue weighted by atomic mass is 16.5. The number of hydrogen-bond acceptors (Lipinski definition) is 4. The van der Waals surface area contributed by atoms with Crippen LogP contribution in [-0.2, 0) is 0 Å². The molecule has 4 heteroatoms. The Balaban J connectivity index is 2.35. The monoisotopic (exact) mass is 313 g/mol. The molecule has 0 aliphatic carbocycles. The minimum Gasteiger partial charge on any atom is -0.493 e. The Morgan fingerprint density at radius 2 is 1.65 bits per heavy atom. The van der Waals surface area contributed by atoms with E-state index in [1.165, 1.54) is 0 Å². The predicted molar refractivity (Wildman–Crippen MR) is 92.3 cm³/mol. The van der Waals surface area contributed by atoms with Gasteiger partial charge in [0.1, 0.15) is 11.5 Å². The highest BCUT2D eigenvalue weighted by Crippen LogP contribution is 2.28.